The van der Waals surface area contributed by atoms with Crippen LogP contribution in [0.5, 0.6) is 0 Å². The molecule has 0 aliphatic heterocycles. The zero-order chi connectivity index (χ0) is 16.4. The predicted octanol–water partition coefficient (Wildman–Crippen LogP) is 2.48. The van der Waals surface area contributed by atoms with E-state index in [9.17, 15) is 14.7 Å². The molecule has 0 spiro atoms. The van der Waals surface area contributed by atoms with Crippen LogP contribution in [0.25, 0.3) is 0 Å². The lowest BCUT2D eigenvalue weighted by Crippen LogP contribution is -2.47. The largest absolute Gasteiger partial charge is 0.480 e. The lowest BCUT2D eigenvalue weighted by atomic mass is 9.76. The zero-order valence-electron chi connectivity index (χ0n) is 13.0. The molecule has 4 heteroatoms. The van der Waals surface area contributed by atoms with E-state index in [-0.39, 0.29) is 11.8 Å². The average molecular weight is 309 g/mol. The number of carbonyl (C=O) groups excluding carboxylic acids is 1. The SMILES string of the molecule is CN(C(=O)C1Cc2ccccc21)C(Cc1ccccc1)C(=O)O. The Morgan fingerprint density at radius 2 is 1.78 bits per heavy atom. The highest BCUT2D eigenvalue weighted by molar-refractivity contribution is 5.90. The number of rotatable bonds is 5. The second-order valence-corrected chi connectivity index (χ2v) is 5.95. The van der Waals surface area contributed by atoms with Crippen LogP contribution in [-0.2, 0) is 22.4 Å². The van der Waals surface area contributed by atoms with Crippen LogP contribution in [0.2, 0.25) is 0 Å². The van der Waals surface area contributed by atoms with Gasteiger partial charge in [-0.25, -0.2) is 4.79 Å². The maximum Gasteiger partial charge on any atom is 0.326 e. The number of carbonyl (C=O) groups is 2. The number of likely N-dealkylation sites (N-methyl/N-ethyl adjacent to an activating group) is 1. The van der Waals surface area contributed by atoms with Crippen LogP contribution < -0.4 is 0 Å². The van der Waals surface area contributed by atoms with Crippen LogP contribution in [0.1, 0.15) is 22.6 Å². The molecule has 1 amide bonds. The molecule has 2 unspecified atom stereocenters. The van der Waals surface area contributed by atoms with Crippen molar-refractivity contribution in [2.75, 3.05) is 7.05 Å². The highest BCUT2D eigenvalue weighted by atomic mass is 16.4. The fraction of sp³-hybridized carbons (Fsp3) is 0.263. The van der Waals surface area contributed by atoms with E-state index in [1.807, 2.05) is 54.6 Å². The first-order valence-corrected chi connectivity index (χ1v) is 7.69. The Bertz CT molecular complexity index is 726. The summed E-state index contributed by atoms with van der Waals surface area (Å²) in [6, 6.07) is 16.4. The van der Waals surface area contributed by atoms with Gasteiger partial charge >= 0.3 is 5.97 Å². The molecular weight excluding hydrogens is 290 g/mol. The van der Waals surface area contributed by atoms with Crippen molar-refractivity contribution in [2.24, 2.45) is 0 Å². The quantitative estimate of drug-likeness (QED) is 0.923. The van der Waals surface area contributed by atoms with E-state index in [4.69, 9.17) is 0 Å². The van der Waals surface area contributed by atoms with Gasteiger partial charge in [-0.05, 0) is 23.1 Å². The van der Waals surface area contributed by atoms with Crippen LogP contribution in [0, 0.1) is 0 Å². The van der Waals surface area contributed by atoms with Crippen LogP contribution in [0.15, 0.2) is 54.6 Å². The summed E-state index contributed by atoms with van der Waals surface area (Å²) in [6.45, 7) is 0. The smallest absolute Gasteiger partial charge is 0.326 e. The third-order valence-electron chi connectivity index (χ3n) is 4.52. The minimum atomic E-state index is -0.975. The summed E-state index contributed by atoms with van der Waals surface area (Å²) in [5.41, 5.74) is 3.11. The van der Waals surface area contributed by atoms with Crippen molar-refractivity contribution in [3.63, 3.8) is 0 Å². The van der Waals surface area contributed by atoms with Gasteiger partial charge in [0.25, 0.3) is 0 Å². The topological polar surface area (TPSA) is 57.6 Å². The van der Waals surface area contributed by atoms with Crippen molar-refractivity contribution in [2.45, 2.75) is 24.8 Å². The van der Waals surface area contributed by atoms with Gasteiger partial charge in [0.15, 0.2) is 0 Å². The number of benzene rings is 2. The normalized spacial score (nSPS) is 16.8. The van der Waals surface area contributed by atoms with Gasteiger partial charge in [0.2, 0.25) is 5.91 Å². The van der Waals surface area contributed by atoms with E-state index in [1.54, 1.807) is 7.05 Å². The van der Waals surface area contributed by atoms with Crippen LogP contribution in [0.3, 0.4) is 0 Å². The number of amides is 1. The Hall–Kier alpha value is -2.62. The molecule has 1 aliphatic rings. The second kappa shape index (κ2) is 6.24. The van der Waals surface area contributed by atoms with Crippen molar-refractivity contribution >= 4 is 11.9 Å². The Labute approximate surface area is 135 Å². The number of aliphatic carboxylic acids is 1. The lowest BCUT2D eigenvalue weighted by molar-refractivity contribution is -0.149. The minimum Gasteiger partial charge on any atom is -0.480 e. The number of nitrogens with zero attached hydrogens (tertiary/aromatic N) is 1. The van der Waals surface area contributed by atoms with Crippen LogP contribution in [-0.4, -0.2) is 35.0 Å². The molecule has 0 fully saturated rings. The van der Waals surface area contributed by atoms with Gasteiger partial charge in [0, 0.05) is 13.5 Å². The molecule has 3 rings (SSSR count). The Morgan fingerprint density at radius 3 is 2.43 bits per heavy atom. The second-order valence-electron chi connectivity index (χ2n) is 5.95. The van der Waals surface area contributed by atoms with Gasteiger partial charge in [-0.3, -0.25) is 4.79 Å². The third-order valence-corrected chi connectivity index (χ3v) is 4.52. The fourth-order valence-corrected chi connectivity index (χ4v) is 3.11. The van der Waals surface area contributed by atoms with Crippen molar-refractivity contribution in [3.05, 3.63) is 71.3 Å². The standard InChI is InChI=1S/C19H19NO3/c1-20(17(19(22)23)11-13-7-3-2-4-8-13)18(21)16-12-14-9-5-6-10-15(14)16/h2-10,16-17H,11-12H2,1H3,(H,22,23). The number of carboxylic acid groups (broad SMARTS) is 1. The van der Waals surface area contributed by atoms with E-state index in [1.165, 1.54) is 10.5 Å². The Balaban J connectivity index is 1.75. The molecule has 0 saturated heterocycles. The predicted molar refractivity (Wildman–Crippen MR) is 87.2 cm³/mol. The molecule has 0 radical (unpaired) electrons. The van der Waals surface area contributed by atoms with Crippen LogP contribution in [0.4, 0.5) is 0 Å². The van der Waals surface area contributed by atoms with E-state index >= 15 is 0 Å². The molecule has 4 nitrogen and oxygen atoms in total. The Morgan fingerprint density at radius 1 is 1.13 bits per heavy atom. The molecule has 0 saturated carbocycles. The molecule has 2 aromatic carbocycles. The lowest BCUT2D eigenvalue weighted by Gasteiger charge is -2.34. The van der Waals surface area contributed by atoms with Crippen molar-refractivity contribution < 1.29 is 14.7 Å². The molecule has 2 aromatic rings. The van der Waals surface area contributed by atoms with E-state index in [2.05, 4.69) is 0 Å². The maximum atomic E-state index is 12.7. The molecule has 0 heterocycles. The summed E-state index contributed by atoms with van der Waals surface area (Å²) in [6.07, 6.45) is 1.00. The fourth-order valence-electron chi connectivity index (χ4n) is 3.11. The first kappa shape index (κ1) is 15.3. The van der Waals surface area contributed by atoms with Crippen molar-refractivity contribution in [3.8, 4) is 0 Å². The van der Waals surface area contributed by atoms with Gasteiger partial charge in [0.1, 0.15) is 6.04 Å². The molecule has 1 aliphatic carbocycles. The van der Waals surface area contributed by atoms with Gasteiger partial charge in [-0.1, -0.05) is 54.6 Å². The summed E-state index contributed by atoms with van der Waals surface area (Å²) in [5.74, 6) is -1.31. The first-order valence-electron chi connectivity index (χ1n) is 7.69. The molecule has 118 valence electrons. The van der Waals surface area contributed by atoms with Crippen molar-refractivity contribution in [1.82, 2.24) is 4.90 Å². The first-order chi connectivity index (χ1) is 11.1. The highest BCUT2D eigenvalue weighted by Gasteiger charge is 2.37. The summed E-state index contributed by atoms with van der Waals surface area (Å²) < 4.78 is 0. The number of carboxylic acids is 1. The molecule has 1 N–H and O–H groups in total. The summed E-state index contributed by atoms with van der Waals surface area (Å²) in [4.78, 5) is 25.7. The molecular formula is C19H19NO3. The number of fused-ring (bicyclic) bond motifs is 1. The number of hydrogen-bond acceptors (Lipinski definition) is 2. The maximum absolute atomic E-state index is 12.7. The summed E-state index contributed by atoms with van der Waals surface area (Å²) in [7, 11) is 1.59. The number of hydrogen-bond donors (Lipinski definition) is 1. The van der Waals surface area contributed by atoms with Crippen LogP contribution >= 0.6 is 0 Å². The Kier molecular flexibility index (Phi) is 4.15. The molecule has 0 aromatic heterocycles. The van der Waals surface area contributed by atoms with E-state index in [0.29, 0.717) is 12.8 Å². The molecule has 23 heavy (non-hydrogen) atoms. The molecule has 2 atom stereocenters. The van der Waals surface area contributed by atoms with Gasteiger partial charge < -0.3 is 10.0 Å². The van der Waals surface area contributed by atoms with Crippen molar-refractivity contribution in [1.29, 1.82) is 0 Å². The summed E-state index contributed by atoms with van der Waals surface area (Å²) >= 11 is 0. The summed E-state index contributed by atoms with van der Waals surface area (Å²) in [5, 5.41) is 9.53. The molecule has 0 bridgehead atoms. The monoisotopic (exact) mass is 309 g/mol. The third kappa shape index (κ3) is 2.97. The van der Waals surface area contributed by atoms with Gasteiger partial charge in [-0.15, -0.1) is 0 Å². The minimum absolute atomic E-state index is 0.118. The zero-order valence-corrected chi connectivity index (χ0v) is 13.0. The average Bonchev–Trinajstić information content (AvgIpc) is 2.53. The van der Waals surface area contributed by atoms with Gasteiger partial charge in [-0.2, -0.15) is 0 Å². The van der Waals surface area contributed by atoms with Gasteiger partial charge in [0.05, 0.1) is 5.92 Å². The highest BCUT2D eigenvalue weighted by Crippen LogP contribution is 2.36. The van der Waals surface area contributed by atoms with E-state index < -0.39 is 12.0 Å². The van der Waals surface area contributed by atoms with E-state index in [0.717, 1.165) is 11.1 Å².